The molecule has 0 fully saturated rings. The molecule has 0 aliphatic carbocycles. The van der Waals surface area contributed by atoms with Gasteiger partial charge in [-0.25, -0.2) is 0 Å². The minimum absolute atomic E-state index is 0.0183. The predicted molar refractivity (Wildman–Crippen MR) is 79.0 cm³/mol. The molecule has 0 aromatic heterocycles. The van der Waals surface area contributed by atoms with E-state index in [1.165, 1.54) is 18.2 Å². The second-order valence-corrected chi connectivity index (χ2v) is 5.76. The smallest absolute Gasteiger partial charge is 0.292 e. The third-order valence-corrected chi connectivity index (χ3v) is 2.60. The zero-order chi connectivity index (χ0) is 15.3. The molecule has 6 nitrogen and oxygen atoms in total. The van der Waals surface area contributed by atoms with Gasteiger partial charge in [0.1, 0.15) is 5.69 Å². The maximum atomic E-state index is 11.8. The first kappa shape index (κ1) is 15.9. The molecule has 0 saturated heterocycles. The van der Waals surface area contributed by atoms with E-state index in [-0.39, 0.29) is 17.0 Å². The number of hydrogen-bond acceptors (Lipinski definition) is 4. The van der Waals surface area contributed by atoms with Gasteiger partial charge in [-0.3, -0.25) is 14.9 Å². The van der Waals surface area contributed by atoms with Crippen LogP contribution in [0.25, 0.3) is 0 Å². The van der Waals surface area contributed by atoms with E-state index in [4.69, 9.17) is 0 Å². The number of amides is 1. The SMILES string of the molecule is CCNC(=O)c1ccc([N+](=O)[O-])c(NCC(C)(C)C)c1. The number of rotatable bonds is 5. The summed E-state index contributed by atoms with van der Waals surface area (Å²) in [5.74, 6) is -0.235. The molecule has 110 valence electrons. The van der Waals surface area contributed by atoms with Gasteiger partial charge in [0, 0.05) is 24.7 Å². The van der Waals surface area contributed by atoms with Crippen LogP contribution in [0.4, 0.5) is 11.4 Å². The molecule has 0 unspecified atom stereocenters. The fraction of sp³-hybridized carbons (Fsp3) is 0.500. The Morgan fingerprint density at radius 3 is 2.50 bits per heavy atom. The summed E-state index contributed by atoms with van der Waals surface area (Å²) in [4.78, 5) is 22.3. The Hall–Kier alpha value is -2.11. The van der Waals surface area contributed by atoms with Crippen molar-refractivity contribution in [3.8, 4) is 0 Å². The Morgan fingerprint density at radius 2 is 2.00 bits per heavy atom. The van der Waals surface area contributed by atoms with E-state index >= 15 is 0 Å². The van der Waals surface area contributed by atoms with Crippen molar-refractivity contribution in [2.45, 2.75) is 27.7 Å². The predicted octanol–water partition coefficient (Wildman–Crippen LogP) is 2.80. The molecular weight excluding hydrogens is 258 g/mol. The molecule has 0 saturated carbocycles. The monoisotopic (exact) mass is 279 g/mol. The Balaban J connectivity index is 3.06. The second-order valence-electron chi connectivity index (χ2n) is 5.76. The van der Waals surface area contributed by atoms with Gasteiger partial charge in [0.2, 0.25) is 0 Å². The molecule has 0 radical (unpaired) electrons. The van der Waals surface area contributed by atoms with Crippen molar-refractivity contribution in [2.24, 2.45) is 5.41 Å². The van der Waals surface area contributed by atoms with Crippen molar-refractivity contribution in [2.75, 3.05) is 18.4 Å². The van der Waals surface area contributed by atoms with Gasteiger partial charge in [0.25, 0.3) is 11.6 Å². The summed E-state index contributed by atoms with van der Waals surface area (Å²) in [6.07, 6.45) is 0. The fourth-order valence-electron chi connectivity index (χ4n) is 1.60. The van der Waals surface area contributed by atoms with Gasteiger partial charge < -0.3 is 10.6 Å². The first-order valence-electron chi connectivity index (χ1n) is 6.55. The molecule has 0 bridgehead atoms. The fourth-order valence-corrected chi connectivity index (χ4v) is 1.60. The third kappa shape index (κ3) is 4.53. The van der Waals surface area contributed by atoms with Gasteiger partial charge in [-0.05, 0) is 24.5 Å². The number of nitrogens with one attached hydrogen (secondary N) is 2. The number of carbonyl (C=O) groups excluding carboxylic acids is 1. The van der Waals surface area contributed by atoms with Crippen molar-refractivity contribution >= 4 is 17.3 Å². The Kier molecular flexibility index (Phi) is 5.07. The average molecular weight is 279 g/mol. The van der Waals surface area contributed by atoms with Crippen LogP contribution in [0.5, 0.6) is 0 Å². The van der Waals surface area contributed by atoms with Crippen molar-refractivity contribution in [1.82, 2.24) is 5.32 Å². The lowest BCUT2D eigenvalue weighted by Crippen LogP contribution is -2.23. The molecule has 1 aromatic rings. The molecule has 1 rings (SSSR count). The van der Waals surface area contributed by atoms with Crippen LogP contribution in [0.1, 0.15) is 38.1 Å². The van der Waals surface area contributed by atoms with E-state index in [9.17, 15) is 14.9 Å². The molecule has 0 spiro atoms. The minimum Gasteiger partial charge on any atom is -0.379 e. The summed E-state index contributed by atoms with van der Waals surface area (Å²) < 4.78 is 0. The number of nitrogens with zero attached hydrogens (tertiary/aromatic N) is 1. The number of nitro groups is 1. The van der Waals surface area contributed by atoms with Gasteiger partial charge in [0.15, 0.2) is 0 Å². The van der Waals surface area contributed by atoms with E-state index in [2.05, 4.69) is 10.6 Å². The highest BCUT2D eigenvalue weighted by atomic mass is 16.6. The number of anilines is 1. The Morgan fingerprint density at radius 1 is 1.35 bits per heavy atom. The molecule has 1 amide bonds. The van der Waals surface area contributed by atoms with E-state index in [1.54, 1.807) is 0 Å². The summed E-state index contributed by atoms with van der Waals surface area (Å²) in [6, 6.07) is 4.34. The van der Waals surface area contributed by atoms with Crippen LogP contribution in [0.15, 0.2) is 18.2 Å². The molecule has 0 aliphatic heterocycles. The maximum Gasteiger partial charge on any atom is 0.292 e. The summed E-state index contributed by atoms with van der Waals surface area (Å²) in [7, 11) is 0. The highest BCUT2D eigenvalue weighted by Gasteiger charge is 2.18. The van der Waals surface area contributed by atoms with Crippen molar-refractivity contribution in [1.29, 1.82) is 0 Å². The molecule has 6 heteroatoms. The van der Waals surface area contributed by atoms with Crippen LogP contribution in [0.2, 0.25) is 0 Å². The number of carbonyl (C=O) groups is 1. The zero-order valence-electron chi connectivity index (χ0n) is 12.3. The lowest BCUT2D eigenvalue weighted by Gasteiger charge is -2.19. The highest BCUT2D eigenvalue weighted by molar-refractivity contribution is 5.95. The molecule has 0 aliphatic rings. The zero-order valence-corrected chi connectivity index (χ0v) is 12.3. The van der Waals surface area contributed by atoms with Crippen molar-refractivity contribution < 1.29 is 9.72 Å². The highest BCUT2D eigenvalue weighted by Crippen LogP contribution is 2.27. The number of benzene rings is 1. The lowest BCUT2D eigenvalue weighted by atomic mass is 9.97. The largest absolute Gasteiger partial charge is 0.379 e. The summed E-state index contributed by atoms with van der Waals surface area (Å²) in [5.41, 5.74) is 0.736. The summed E-state index contributed by atoms with van der Waals surface area (Å²) in [6.45, 7) is 8.99. The van der Waals surface area contributed by atoms with E-state index in [0.29, 0.717) is 24.3 Å². The van der Waals surface area contributed by atoms with Crippen LogP contribution in [0.3, 0.4) is 0 Å². The summed E-state index contributed by atoms with van der Waals surface area (Å²) >= 11 is 0. The van der Waals surface area contributed by atoms with Gasteiger partial charge >= 0.3 is 0 Å². The molecular formula is C14H21N3O3. The lowest BCUT2D eigenvalue weighted by molar-refractivity contribution is -0.384. The number of nitro benzene ring substituents is 1. The van der Waals surface area contributed by atoms with Gasteiger partial charge in [0.05, 0.1) is 4.92 Å². The van der Waals surface area contributed by atoms with Crippen LogP contribution in [-0.4, -0.2) is 23.9 Å². The average Bonchev–Trinajstić information content (AvgIpc) is 2.35. The summed E-state index contributed by atoms with van der Waals surface area (Å²) in [5, 5.41) is 16.7. The molecule has 0 atom stereocenters. The van der Waals surface area contributed by atoms with Gasteiger partial charge in [-0.15, -0.1) is 0 Å². The maximum absolute atomic E-state index is 11.8. The van der Waals surface area contributed by atoms with Gasteiger partial charge in [-0.1, -0.05) is 20.8 Å². The molecule has 2 N–H and O–H groups in total. The molecule has 0 heterocycles. The quantitative estimate of drug-likeness (QED) is 0.641. The number of hydrogen-bond donors (Lipinski definition) is 2. The van der Waals surface area contributed by atoms with Crippen molar-refractivity contribution in [3.05, 3.63) is 33.9 Å². The standard InChI is InChI=1S/C14H21N3O3/c1-5-15-13(18)10-6-7-12(17(19)20)11(8-10)16-9-14(2,3)4/h6-8,16H,5,9H2,1-4H3,(H,15,18). The molecule has 20 heavy (non-hydrogen) atoms. The van der Waals surface area contributed by atoms with Crippen LogP contribution >= 0.6 is 0 Å². The van der Waals surface area contributed by atoms with Gasteiger partial charge in [-0.2, -0.15) is 0 Å². The second kappa shape index (κ2) is 6.36. The Labute approximate surface area is 118 Å². The third-order valence-electron chi connectivity index (χ3n) is 2.60. The first-order chi connectivity index (χ1) is 9.24. The van der Waals surface area contributed by atoms with Crippen LogP contribution in [-0.2, 0) is 0 Å². The molecule has 1 aromatic carbocycles. The van der Waals surface area contributed by atoms with Crippen molar-refractivity contribution in [3.63, 3.8) is 0 Å². The van der Waals surface area contributed by atoms with E-state index < -0.39 is 4.92 Å². The first-order valence-corrected chi connectivity index (χ1v) is 6.55. The van der Waals surface area contributed by atoms with E-state index in [1.807, 2.05) is 27.7 Å². The normalized spacial score (nSPS) is 11.0. The Bertz CT molecular complexity index is 507. The van der Waals surface area contributed by atoms with Crippen LogP contribution < -0.4 is 10.6 Å². The topological polar surface area (TPSA) is 84.3 Å². The van der Waals surface area contributed by atoms with Crippen LogP contribution in [0, 0.1) is 15.5 Å². The minimum atomic E-state index is -0.452. The van der Waals surface area contributed by atoms with E-state index in [0.717, 1.165) is 0 Å².